The predicted molar refractivity (Wildman–Crippen MR) is 75.2 cm³/mol. The van der Waals surface area contributed by atoms with Crippen molar-refractivity contribution in [2.75, 3.05) is 0 Å². The van der Waals surface area contributed by atoms with E-state index < -0.39 is 0 Å². The number of amides is 1. The molecule has 2 aromatic rings. The van der Waals surface area contributed by atoms with E-state index in [1.54, 1.807) is 16.4 Å². The van der Waals surface area contributed by atoms with E-state index in [9.17, 15) is 4.79 Å². The molecule has 0 aliphatic heterocycles. The molecule has 2 rings (SSSR count). The van der Waals surface area contributed by atoms with Gasteiger partial charge in [0.05, 0.1) is 12.6 Å². The summed E-state index contributed by atoms with van der Waals surface area (Å²) in [6.07, 6.45) is 4.11. The van der Waals surface area contributed by atoms with Crippen molar-refractivity contribution in [3.05, 3.63) is 47.8 Å². The highest BCUT2D eigenvalue weighted by molar-refractivity contribution is 7.98. The number of hydrogen-bond donors (Lipinski definition) is 2. The Morgan fingerprint density at radius 3 is 2.79 bits per heavy atom. The number of carbonyl (C=O) groups is 1. The lowest BCUT2D eigenvalue weighted by atomic mass is 10.1. The fourth-order valence-electron chi connectivity index (χ4n) is 1.73. The van der Waals surface area contributed by atoms with E-state index in [-0.39, 0.29) is 5.91 Å². The van der Waals surface area contributed by atoms with E-state index in [0.29, 0.717) is 6.42 Å². The summed E-state index contributed by atoms with van der Waals surface area (Å²) >= 11 is 1.70. The van der Waals surface area contributed by atoms with Gasteiger partial charge in [0.15, 0.2) is 0 Å². The highest BCUT2D eigenvalue weighted by atomic mass is 32.2. The molecule has 5 nitrogen and oxygen atoms in total. The molecule has 3 N–H and O–H groups in total. The Morgan fingerprint density at radius 1 is 1.42 bits per heavy atom. The third-order valence-electron chi connectivity index (χ3n) is 2.71. The minimum absolute atomic E-state index is 0.182. The molecule has 0 saturated carbocycles. The minimum atomic E-state index is -0.182. The number of carbonyl (C=O) groups excluding carboxylic acids is 1. The highest BCUT2D eigenvalue weighted by Gasteiger charge is 2.07. The third-order valence-corrected chi connectivity index (χ3v) is 3.71. The van der Waals surface area contributed by atoms with E-state index in [2.05, 4.69) is 10.5 Å². The number of thioether (sulfide) groups is 1. The highest BCUT2D eigenvalue weighted by Crippen LogP contribution is 2.24. The van der Waals surface area contributed by atoms with Crippen LogP contribution >= 0.6 is 11.8 Å². The lowest BCUT2D eigenvalue weighted by Gasteiger charge is -2.07. The number of nitrogens with zero attached hydrogens (tertiary/aromatic N) is 2. The maximum Gasteiger partial charge on any atom is 0.238 e. The molecule has 0 unspecified atom stereocenters. The summed E-state index contributed by atoms with van der Waals surface area (Å²) < 4.78 is 1.77. The van der Waals surface area contributed by atoms with Crippen LogP contribution in [-0.2, 0) is 24.0 Å². The molecule has 0 aliphatic rings. The number of benzene rings is 1. The first-order valence-corrected chi connectivity index (χ1v) is 6.85. The van der Waals surface area contributed by atoms with Gasteiger partial charge in [0.1, 0.15) is 0 Å². The Morgan fingerprint density at radius 2 is 2.16 bits per heavy atom. The molecule has 0 fully saturated rings. The molecule has 100 valence electrons. The molecule has 1 amide bonds. The van der Waals surface area contributed by atoms with Crippen molar-refractivity contribution in [3.8, 4) is 0 Å². The second-order valence-corrected chi connectivity index (χ2v) is 5.20. The maximum atomic E-state index is 11.4. The lowest BCUT2D eigenvalue weighted by Crippen LogP contribution is -2.31. The number of nitrogens with one attached hydrogen (secondary N) is 1. The largest absolute Gasteiger partial charge is 0.294 e. The number of hydrogen-bond acceptors (Lipinski definition) is 4. The van der Waals surface area contributed by atoms with Crippen molar-refractivity contribution >= 4 is 17.7 Å². The van der Waals surface area contributed by atoms with Gasteiger partial charge < -0.3 is 0 Å². The summed E-state index contributed by atoms with van der Waals surface area (Å²) in [5, 5.41) is 4.13. The number of rotatable bonds is 5. The first-order chi connectivity index (χ1) is 9.19. The first-order valence-electron chi connectivity index (χ1n) is 5.86. The van der Waals surface area contributed by atoms with Crippen LogP contribution in [0.25, 0.3) is 0 Å². The molecule has 0 spiro atoms. The van der Waals surface area contributed by atoms with Gasteiger partial charge in [-0.25, -0.2) is 5.84 Å². The smallest absolute Gasteiger partial charge is 0.238 e. The zero-order chi connectivity index (χ0) is 13.7. The Kier molecular flexibility index (Phi) is 4.59. The zero-order valence-corrected chi connectivity index (χ0v) is 11.5. The summed E-state index contributed by atoms with van der Waals surface area (Å²) in [4.78, 5) is 12.5. The Balaban J connectivity index is 2.05. The van der Waals surface area contributed by atoms with Crippen LogP contribution < -0.4 is 11.3 Å². The Hall–Kier alpha value is -1.79. The zero-order valence-electron chi connectivity index (χ0n) is 10.7. The number of aryl methyl sites for hydroxylation is 1. The monoisotopic (exact) mass is 276 g/mol. The summed E-state index contributed by atoms with van der Waals surface area (Å²) in [5.41, 5.74) is 4.30. The van der Waals surface area contributed by atoms with Gasteiger partial charge in [-0.05, 0) is 11.1 Å². The second-order valence-electron chi connectivity index (χ2n) is 4.15. The fraction of sp³-hybridized carbons (Fsp3) is 0.231. The maximum absolute atomic E-state index is 11.4. The average Bonchev–Trinajstić information content (AvgIpc) is 2.83. The number of hydrazine groups is 1. The van der Waals surface area contributed by atoms with E-state index in [0.717, 1.165) is 21.8 Å². The molecule has 0 atom stereocenters. The van der Waals surface area contributed by atoms with E-state index in [4.69, 9.17) is 5.84 Å². The van der Waals surface area contributed by atoms with Crippen LogP contribution in [0.4, 0.5) is 0 Å². The van der Waals surface area contributed by atoms with Gasteiger partial charge in [-0.2, -0.15) is 5.10 Å². The quantitative estimate of drug-likeness (QED) is 0.373. The van der Waals surface area contributed by atoms with Crippen LogP contribution in [0, 0.1) is 0 Å². The molecule has 6 heteroatoms. The minimum Gasteiger partial charge on any atom is -0.294 e. The van der Waals surface area contributed by atoms with Crippen molar-refractivity contribution in [2.45, 2.75) is 17.1 Å². The van der Waals surface area contributed by atoms with Gasteiger partial charge in [0.2, 0.25) is 5.91 Å². The summed E-state index contributed by atoms with van der Waals surface area (Å²) in [6, 6.07) is 7.89. The summed E-state index contributed by atoms with van der Waals surface area (Å²) in [7, 11) is 1.89. The van der Waals surface area contributed by atoms with Gasteiger partial charge >= 0.3 is 0 Å². The molecule has 0 radical (unpaired) electrons. The molecule has 1 heterocycles. The second kappa shape index (κ2) is 6.40. The van der Waals surface area contributed by atoms with Gasteiger partial charge in [0, 0.05) is 23.9 Å². The van der Waals surface area contributed by atoms with Gasteiger partial charge in [-0.3, -0.25) is 14.9 Å². The first kappa shape index (κ1) is 13.6. The van der Waals surface area contributed by atoms with Crippen molar-refractivity contribution in [3.63, 3.8) is 0 Å². The van der Waals surface area contributed by atoms with Crippen LogP contribution in [0.15, 0.2) is 41.6 Å². The van der Waals surface area contributed by atoms with Crippen molar-refractivity contribution < 1.29 is 4.79 Å². The van der Waals surface area contributed by atoms with E-state index >= 15 is 0 Å². The van der Waals surface area contributed by atoms with Crippen LogP contribution in [-0.4, -0.2) is 15.7 Å². The summed E-state index contributed by atoms with van der Waals surface area (Å²) in [6.45, 7) is 0. The third kappa shape index (κ3) is 3.84. The number of nitrogens with two attached hydrogens (primary N) is 1. The Labute approximate surface area is 116 Å². The van der Waals surface area contributed by atoms with Crippen molar-refractivity contribution in [1.82, 2.24) is 15.2 Å². The van der Waals surface area contributed by atoms with Gasteiger partial charge in [-0.1, -0.05) is 24.3 Å². The molecular weight excluding hydrogens is 260 g/mol. The van der Waals surface area contributed by atoms with Gasteiger partial charge in [0.25, 0.3) is 0 Å². The Bertz CT molecular complexity index is 567. The molecular formula is C13H16N4OS. The molecule has 1 aromatic carbocycles. The van der Waals surface area contributed by atoms with E-state index in [1.807, 2.05) is 43.7 Å². The van der Waals surface area contributed by atoms with Gasteiger partial charge in [-0.15, -0.1) is 11.8 Å². The van der Waals surface area contributed by atoms with Crippen LogP contribution in [0.3, 0.4) is 0 Å². The van der Waals surface area contributed by atoms with Crippen molar-refractivity contribution in [2.24, 2.45) is 12.9 Å². The average molecular weight is 276 g/mol. The molecule has 0 bridgehead atoms. The normalized spacial score (nSPS) is 10.4. The van der Waals surface area contributed by atoms with Crippen LogP contribution in [0.1, 0.15) is 11.1 Å². The molecule has 19 heavy (non-hydrogen) atoms. The molecule has 0 saturated heterocycles. The van der Waals surface area contributed by atoms with Crippen LogP contribution in [0.5, 0.6) is 0 Å². The van der Waals surface area contributed by atoms with Crippen LogP contribution in [0.2, 0.25) is 0 Å². The SMILES string of the molecule is Cn1cc(SCc2ccccc2CC(=O)NN)cn1. The predicted octanol–water partition coefficient (Wildman–Crippen LogP) is 1.24. The molecule has 1 aromatic heterocycles. The molecule has 0 aliphatic carbocycles. The summed E-state index contributed by atoms with van der Waals surface area (Å²) in [5.74, 6) is 5.75. The number of aromatic nitrogens is 2. The van der Waals surface area contributed by atoms with Crippen molar-refractivity contribution in [1.29, 1.82) is 0 Å². The lowest BCUT2D eigenvalue weighted by molar-refractivity contribution is -0.120. The van der Waals surface area contributed by atoms with E-state index in [1.165, 1.54) is 0 Å². The topological polar surface area (TPSA) is 72.9 Å². The standard InChI is InChI=1S/C13H16N4OS/c1-17-8-12(7-15-17)19-9-11-5-3-2-4-10(11)6-13(18)16-14/h2-5,7-8H,6,9,14H2,1H3,(H,16,18). The fourth-order valence-corrected chi connectivity index (χ4v) is 2.68.